The van der Waals surface area contributed by atoms with Crippen molar-refractivity contribution >= 4 is 11.9 Å². The molecule has 5 nitrogen and oxygen atoms in total. The summed E-state index contributed by atoms with van der Waals surface area (Å²) in [5.41, 5.74) is 1.53. The molecule has 25 heavy (non-hydrogen) atoms. The highest BCUT2D eigenvalue weighted by atomic mass is 16.5. The Balaban J connectivity index is 1.74. The van der Waals surface area contributed by atoms with Crippen molar-refractivity contribution in [3.8, 4) is 11.3 Å². The smallest absolute Gasteiger partial charge is 0.305 e. The molecule has 0 atom stereocenters. The van der Waals surface area contributed by atoms with E-state index >= 15 is 0 Å². The van der Waals surface area contributed by atoms with Gasteiger partial charge in [-0.3, -0.25) is 9.59 Å². The first-order valence-electron chi connectivity index (χ1n) is 8.62. The molecule has 1 aromatic carbocycles. The highest BCUT2D eigenvalue weighted by Crippen LogP contribution is 2.25. The van der Waals surface area contributed by atoms with Gasteiger partial charge in [0, 0.05) is 18.5 Å². The number of furan rings is 1. The van der Waals surface area contributed by atoms with Gasteiger partial charge in [-0.05, 0) is 25.8 Å². The Hall–Kier alpha value is -2.56. The summed E-state index contributed by atoms with van der Waals surface area (Å²) in [5, 5.41) is 2.92. The van der Waals surface area contributed by atoms with Crippen molar-refractivity contribution in [1.82, 2.24) is 5.32 Å². The molecular weight excluding hydrogens is 318 g/mol. The third-order valence-corrected chi connectivity index (χ3v) is 4.04. The molecule has 1 aromatic heterocycles. The number of hydrogen-bond donors (Lipinski definition) is 1. The number of unbranched alkanes of at least 4 members (excludes halogenated alkanes) is 3. The number of hydrogen-bond acceptors (Lipinski definition) is 4. The minimum atomic E-state index is -0.169. The summed E-state index contributed by atoms with van der Waals surface area (Å²) < 4.78 is 10.3. The molecule has 0 aliphatic rings. The molecule has 1 N–H and O–H groups in total. The van der Waals surface area contributed by atoms with Gasteiger partial charge in [0.15, 0.2) is 0 Å². The molecule has 0 bridgehead atoms. The molecule has 0 unspecified atom stereocenters. The minimum absolute atomic E-state index is 0.113. The molecule has 2 rings (SSSR count). The van der Waals surface area contributed by atoms with Gasteiger partial charge in [0.25, 0.3) is 5.91 Å². The van der Waals surface area contributed by atoms with Crippen molar-refractivity contribution in [2.24, 2.45) is 0 Å². The van der Waals surface area contributed by atoms with E-state index in [-0.39, 0.29) is 11.9 Å². The lowest BCUT2D eigenvalue weighted by atomic mass is 10.1. The largest absolute Gasteiger partial charge is 0.469 e. The van der Waals surface area contributed by atoms with Gasteiger partial charge >= 0.3 is 5.97 Å². The summed E-state index contributed by atoms with van der Waals surface area (Å²) in [5.74, 6) is 1.04. The van der Waals surface area contributed by atoms with Gasteiger partial charge in [-0.1, -0.05) is 43.2 Å². The highest BCUT2D eigenvalue weighted by molar-refractivity contribution is 5.96. The first-order valence-corrected chi connectivity index (χ1v) is 8.62. The van der Waals surface area contributed by atoms with Crippen LogP contribution in [0.3, 0.4) is 0 Å². The number of benzene rings is 1. The van der Waals surface area contributed by atoms with Crippen molar-refractivity contribution in [1.29, 1.82) is 0 Å². The number of ether oxygens (including phenoxy) is 1. The maximum absolute atomic E-state index is 12.3. The average Bonchev–Trinajstić information content (AvgIpc) is 3.03. The van der Waals surface area contributed by atoms with E-state index in [2.05, 4.69) is 10.1 Å². The normalized spacial score (nSPS) is 10.5. The van der Waals surface area contributed by atoms with E-state index in [4.69, 9.17) is 4.42 Å². The van der Waals surface area contributed by atoms with E-state index in [9.17, 15) is 9.59 Å². The molecule has 5 heteroatoms. The average molecular weight is 343 g/mol. The zero-order valence-electron chi connectivity index (χ0n) is 14.8. The Bertz CT molecular complexity index is 691. The van der Waals surface area contributed by atoms with Gasteiger partial charge in [0.2, 0.25) is 0 Å². The van der Waals surface area contributed by atoms with Gasteiger partial charge in [0.05, 0.1) is 12.7 Å². The third kappa shape index (κ3) is 5.78. The van der Waals surface area contributed by atoms with Crippen molar-refractivity contribution in [2.75, 3.05) is 13.7 Å². The van der Waals surface area contributed by atoms with Crippen LogP contribution < -0.4 is 5.32 Å². The Labute approximate surface area is 148 Å². The van der Waals surface area contributed by atoms with E-state index in [1.165, 1.54) is 7.11 Å². The van der Waals surface area contributed by atoms with Gasteiger partial charge in [-0.15, -0.1) is 0 Å². The molecule has 134 valence electrons. The predicted octanol–water partition coefficient (Wildman–Crippen LogP) is 4.11. The molecule has 0 radical (unpaired) electrons. The fourth-order valence-electron chi connectivity index (χ4n) is 2.60. The minimum Gasteiger partial charge on any atom is -0.469 e. The summed E-state index contributed by atoms with van der Waals surface area (Å²) >= 11 is 0. The second-order valence-corrected chi connectivity index (χ2v) is 5.94. The molecule has 0 fully saturated rings. The van der Waals surface area contributed by atoms with E-state index in [0.29, 0.717) is 30.0 Å². The molecular formula is C20H25NO4. The van der Waals surface area contributed by atoms with Crippen molar-refractivity contribution in [2.45, 2.75) is 39.0 Å². The quantitative estimate of drug-likeness (QED) is 0.549. The first-order chi connectivity index (χ1) is 12.1. The fourth-order valence-corrected chi connectivity index (χ4v) is 2.60. The number of nitrogens with one attached hydrogen (secondary N) is 1. The molecule has 0 aliphatic carbocycles. The van der Waals surface area contributed by atoms with Crippen LogP contribution in [0.4, 0.5) is 0 Å². The number of carbonyl (C=O) groups is 2. The van der Waals surface area contributed by atoms with Gasteiger partial charge in [-0.25, -0.2) is 0 Å². The Morgan fingerprint density at radius 2 is 1.80 bits per heavy atom. The lowest BCUT2D eigenvalue weighted by Crippen LogP contribution is -2.24. The van der Waals surface area contributed by atoms with E-state index in [0.717, 1.165) is 31.2 Å². The lowest BCUT2D eigenvalue weighted by Gasteiger charge is -2.04. The van der Waals surface area contributed by atoms with Crippen molar-refractivity contribution in [3.05, 3.63) is 47.7 Å². The summed E-state index contributed by atoms with van der Waals surface area (Å²) in [6.45, 7) is 2.41. The van der Waals surface area contributed by atoms with Crippen LogP contribution in [0.5, 0.6) is 0 Å². The zero-order chi connectivity index (χ0) is 18.1. The van der Waals surface area contributed by atoms with Gasteiger partial charge < -0.3 is 14.5 Å². The molecule has 0 saturated heterocycles. The number of amides is 1. The molecule has 2 aromatic rings. The van der Waals surface area contributed by atoms with Crippen LogP contribution in [-0.2, 0) is 9.53 Å². The lowest BCUT2D eigenvalue weighted by molar-refractivity contribution is -0.140. The van der Waals surface area contributed by atoms with E-state index < -0.39 is 0 Å². The summed E-state index contributed by atoms with van der Waals surface area (Å²) in [4.78, 5) is 23.3. The number of esters is 1. The van der Waals surface area contributed by atoms with E-state index in [1.54, 1.807) is 13.0 Å². The fraction of sp³-hybridized carbons (Fsp3) is 0.400. The monoisotopic (exact) mass is 343 g/mol. The molecule has 0 aliphatic heterocycles. The third-order valence-electron chi connectivity index (χ3n) is 4.04. The van der Waals surface area contributed by atoms with Crippen LogP contribution in [0.25, 0.3) is 11.3 Å². The molecule has 0 spiro atoms. The van der Waals surface area contributed by atoms with E-state index in [1.807, 2.05) is 30.3 Å². The van der Waals surface area contributed by atoms with Gasteiger partial charge in [-0.2, -0.15) is 0 Å². The molecule has 1 amide bonds. The van der Waals surface area contributed by atoms with Crippen LogP contribution in [0.2, 0.25) is 0 Å². The Kier molecular flexibility index (Phi) is 7.26. The van der Waals surface area contributed by atoms with Crippen LogP contribution in [0, 0.1) is 6.92 Å². The first kappa shape index (κ1) is 18.8. The second kappa shape index (κ2) is 9.67. The summed E-state index contributed by atoms with van der Waals surface area (Å²) in [7, 11) is 1.40. The van der Waals surface area contributed by atoms with Crippen LogP contribution in [-0.4, -0.2) is 25.5 Å². The number of methoxy groups -OCH3 is 1. The topological polar surface area (TPSA) is 68.5 Å². The second-order valence-electron chi connectivity index (χ2n) is 5.94. The zero-order valence-corrected chi connectivity index (χ0v) is 14.8. The number of rotatable bonds is 9. The summed E-state index contributed by atoms with van der Waals surface area (Å²) in [6, 6.07) is 11.5. The summed E-state index contributed by atoms with van der Waals surface area (Å²) in [6.07, 6.45) is 4.08. The maximum atomic E-state index is 12.3. The predicted molar refractivity (Wildman–Crippen MR) is 96.3 cm³/mol. The van der Waals surface area contributed by atoms with Crippen LogP contribution in [0.15, 0.2) is 40.8 Å². The van der Waals surface area contributed by atoms with Crippen molar-refractivity contribution in [3.63, 3.8) is 0 Å². The number of aryl methyl sites for hydroxylation is 1. The number of carbonyl (C=O) groups excluding carboxylic acids is 2. The van der Waals surface area contributed by atoms with Crippen LogP contribution >= 0.6 is 0 Å². The Morgan fingerprint density at radius 3 is 2.52 bits per heavy atom. The Morgan fingerprint density at radius 1 is 1.08 bits per heavy atom. The molecule has 0 saturated carbocycles. The maximum Gasteiger partial charge on any atom is 0.305 e. The van der Waals surface area contributed by atoms with Gasteiger partial charge in [0.1, 0.15) is 11.5 Å². The molecule has 1 heterocycles. The van der Waals surface area contributed by atoms with Crippen molar-refractivity contribution < 1.29 is 18.7 Å². The highest BCUT2D eigenvalue weighted by Gasteiger charge is 2.15. The van der Waals surface area contributed by atoms with Crippen LogP contribution in [0.1, 0.15) is 48.2 Å². The SMILES string of the molecule is COC(=O)CCCCCCNC(=O)c1cc(-c2ccccc2)oc1C. The standard InChI is InChI=1S/C20H25NO4/c1-15-17(14-18(25-15)16-10-6-5-7-11-16)20(23)21-13-9-4-3-8-12-19(22)24-2/h5-7,10-11,14H,3-4,8-9,12-13H2,1-2H3,(H,21,23).